The van der Waals surface area contributed by atoms with Crippen LogP contribution in [0.4, 0.5) is 13.2 Å². The number of ether oxygens (including phenoxy) is 1. The number of nitrogens with zero attached hydrogens (tertiary/aromatic N) is 1. The Hall–Kier alpha value is -3.81. The smallest absolute Gasteiger partial charge is 0.416 e. The van der Waals surface area contributed by atoms with Crippen molar-refractivity contribution in [2.24, 2.45) is 0 Å². The van der Waals surface area contributed by atoms with Gasteiger partial charge in [-0.1, -0.05) is 43.3 Å². The van der Waals surface area contributed by atoms with Gasteiger partial charge in [-0.15, -0.1) is 0 Å². The zero-order valence-corrected chi connectivity index (χ0v) is 21.3. The van der Waals surface area contributed by atoms with Crippen LogP contribution in [0.15, 0.2) is 66.7 Å². The zero-order chi connectivity index (χ0) is 27.5. The third kappa shape index (κ3) is 6.54. The number of amides is 1. The van der Waals surface area contributed by atoms with Gasteiger partial charge in [-0.05, 0) is 65.9 Å². The summed E-state index contributed by atoms with van der Waals surface area (Å²) in [6, 6.07) is 18.2. The monoisotopic (exact) mass is 525 g/mol. The molecule has 1 N–H and O–H groups in total. The number of hydrogen-bond acceptors (Lipinski definition) is 3. The van der Waals surface area contributed by atoms with Crippen molar-refractivity contribution in [3.63, 3.8) is 0 Å². The number of benzene rings is 3. The summed E-state index contributed by atoms with van der Waals surface area (Å²) >= 11 is 0. The first kappa shape index (κ1) is 27.2. The van der Waals surface area contributed by atoms with Crippen molar-refractivity contribution >= 4 is 11.9 Å². The molecule has 38 heavy (non-hydrogen) atoms. The van der Waals surface area contributed by atoms with Crippen LogP contribution in [0.2, 0.25) is 0 Å². The fourth-order valence-electron chi connectivity index (χ4n) is 4.81. The normalized spacial score (nSPS) is 16.6. The van der Waals surface area contributed by atoms with E-state index in [9.17, 15) is 22.8 Å². The van der Waals surface area contributed by atoms with Crippen LogP contribution in [0, 0.1) is 0 Å². The topological polar surface area (TPSA) is 66.8 Å². The first-order valence-corrected chi connectivity index (χ1v) is 12.5. The Morgan fingerprint density at radius 3 is 2.37 bits per heavy atom. The van der Waals surface area contributed by atoms with Crippen molar-refractivity contribution in [2.45, 2.75) is 57.9 Å². The summed E-state index contributed by atoms with van der Waals surface area (Å²) in [5.74, 6) is -0.864. The molecule has 3 aromatic carbocycles. The SMILES string of the molecule is CCc1ccc(C[C@@]2(C)Cc3cc(C(=O)N(CCC(=O)O)Cc4cccc(C(F)(F)F)c4)ccc3O2)cc1. The Balaban J connectivity index is 1.52. The number of aliphatic carboxylic acids is 1. The fourth-order valence-corrected chi connectivity index (χ4v) is 4.81. The number of carboxylic acid groups (broad SMARTS) is 1. The highest BCUT2D eigenvalue weighted by Crippen LogP contribution is 2.38. The number of carbonyl (C=O) groups excluding carboxylic acids is 1. The van der Waals surface area contributed by atoms with Crippen molar-refractivity contribution in [2.75, 3.05) is 6.54 Å². The second-order valence-corrected chi connectivity index (χ2v) is 9.97. The lowest BCUT2D eigenvalue weighted by Crippen LogP contribution is -2.33. The van der Waals surface area contributed by atoms with Gasteiger partial charge < -0.3 is 14.7 Å². The molecule has 5 nitrogen and oxygen atoms in total. The predicted molar refractivity (Wildman–Crippen MR) is 137 cm³/mol. The maximum absolute atomic E-state index is 13.4. The van der Waals surface area contributed by atoms with Gasteiger partial charge in [-0.2, -0.15) is 13.2 Å². The van der Waals surface area contributed by atoms with Crippen molar-refractivity contribution in [1.29, 1.82) is 0 Å². The lowest BCUT2D eigenvalue weighted by atomic mass is 9.91. The van der Waals surface area contributed by atoms with Gasteiger partial charge in [0.15, 0.2) is 0 Å². The zero-order valence-electron chi connectivity index (χ0n) is 21.3. The first-order chi connectivity index (χ1) is 18.0. The number of aryl methyl sites for hydroxylation is 1. The number of fused-ring (bicyclic) bond motifs is 1. The summed E-state index contributed by atoms with van der Waals surface area (Å²) in [5, 5.41) is 9.16. The summed E-state index contributed by atoms with van der Waals surface area (Å²) in [6.07, 6.45) is -2.60. The van der Waals surface area contributed by atoms with Crippen LogP contribution < -0.4 is 4.74 Å². The molecule has 0 radical (unpaired) electrons. The number of carboxylic acids is 1. The summed E-state index contributed by atoms with van der Waals surface area (Å²) in [7, 11) is 0. The molecule has 1 aliphatic rings. The molecule has 1 amide bonds. The van der Waals surface area contributed by atoms with E-state index in [2.05, 4.69) is 31.2 Å². The van der Waals surface area contributed by atoms with E-state index in [0.29, 0.717) is 24.2 Å². The highest BCUT2D eigenvalue weighted by atomic mass is 19.4. The molecule has 0 spiro atoms. The largest absolute Gasteiger partial charge is 0.487 e. The maximum Gasteiger partial charge on any atom is 0.416 e. The lowest BCUT2D eigenvalue weighted by Gasteiger charge is -2.24. The van der Waals surface area contributed by atoms with E-state index in [4.69, 9.17) is 9.84 Å². The van der Waals surface area contributed by atoms with E-state index in [1.807, 2.05) is 6.92 Å². The highest BCUT2D eigenvalue weighted by Gasteiger charge is 2.36. The molecule has 0 saturated carbocycles. The molecule has 1 atom stereocenters. The molecule has 1 aliphatic heterocycles. The highest BCUT2D eigenvalue weighted by molar-refractivity contribution is 5.95. The van der Waals surface area contributed by atoms with Crippen LogP contribution in [-0.4, -0.2) is 34.0 Å². The van der Waals surface area contributed by atoms with E-state index in [1.54, 1.807) is 18.2 Å². The molecule has 0 fully saturated rings. The standard InChI is InChI=1S/C30H30F3NO4/c1-3-20-7-9-21(10-8-20)17-29(2)18-24-16-23(11-12-26(24)38-29)28(37)34(14-13-27(35)36)19-22-5-4-6-25(15-22)30(31,32)33/h4-12,15-16H,3,13-14,17-19H2,1-2H3,(H,35,36)/t29-/m0/s1. The lowest BCUT2D eigenvalue weighted by molar-refractivity contribution is -0.138. The van der Waals surface area contributed by atoms with Crippen LogP contribution in [0.5, 0.6) is 5.75 Å². The van der Waals surface area contributed by atoms with Crippen LogP contribution in [0.1, 0.15) is 58.4 Å². The number of hydrogen-bond donors (Lipinski definition) is 1. The van der Waals surface area contributed by atoms with Crippen molar-refractivity contribution in [3.05, 3.63) is 100 Å². The molecule has 8 heteroatoms. The minimum Gasteiger partial charge on any atom is -0.487 e. The van der Waals surface area contributed by atoms with Gasteiger partial charge in [0.05, 0.1) is 12.0 Å². The molecule has 0 saturated heterocycles. The average Bonchev–Trinajstić information content (AvgIpc) is 3.21. The Kier molecular flexibility index (Phi) is 7.81. The molecule has 0 aromatic heterocycles. The molecular formula is C30H30F3NO4. The van der Waals surface area contributed by atoms with E-state index >= 15 is 0 Å². The summed E-state index contributed by atoms with van der Waals surface area (Å²) in [5.41, 5.74) is 2.56. The van der Waals surface area contributed by atoms with Gasteiger partial charge >= 0.3 is 12.1 Å². The summed E-state index contributed by atoms with van der Waals surface area (Å²) < 4.78 is 45.8. The van der Waals surface area contributed by atoms with E-state index in [0.717, 1.165) is 29.7 Å². The molecule has 3 aromatic rings. The number of carbonyl (C=O) groups is 2. The molecular weight excluding hydrogens is 495 g/mol. The van der Waals surface area contributed by atoms with E-state index < -0.39 is 29.2 Å². The molecule has 4 rings (SSSR count). The van der Waals surface area contributed by atoms with Crippen LogP contribution in [0.3, 0.4) is 0 Å². The van der Waals surface area contributed by atoms with Gasteiger partial charge in [0, 0.05) is 31.5 Å². The van der Waals surface area contributed by atoms with Crippen LogP contribution >= 0.6 is 0 Å². The maximum atomic E-state index is 13.4. The Labute approximate surface area is 219 Å². The Bertz CT molecular complexity index is 1320. The summed E-state index contributed by atoms with van der Waals surface area (Å²) in [4.78, 5) is 25.9. The molecule has 1 heterocycles. The Morgan fingerprint density at radius 1 is 1.00 bits per heavy atom. The molecule has 200 valence electrons. The van der Waals surface area contributed by atoms with Crippen molar-refractivity contribution in [1.82, 2.24) is 4.90 Å². The van der Waals surface area contributed by atoms with Gasteiger partial charge in [0.25, 0.3) is 5.91 Å². The van der Waals surface area contributed by atoms with E-state index in [1.165, 1.54) is 22.6 Å². The molecule has 0 unspecified atom stereocenters. The van der Waals surface area contributed by atoms with Gasteiger partial charge in [0.2, 0.25) is 0 Å². The summed E-state index contributed by atoms with van der Waals surface area (Å²) in [6.45, 7) is 3.85. The van der Waals surface area contributed by atoms with Gasteiger partial charge in [-0.25, -0.2) is 0 Å². The minimum absolute atomic E-state index is 0.135. The second-order valence-electron chi connectivity index (χ2n) is 9.97. The van der Waals surface area contributed by atoms with Crippen LogP contribution in [0.25, 0.3) is 0 Å². The number of alkyl halides is 3. The third-order valence-corrected chi connectivity index (χ3v) is 6.75. The fraction of sp³-hybridized carbons (Fsp3) is 0.333. The van der Waals surface area contributed by atoms with Gasteiger partial charge in [0.1, 0.15) is 11.4 Å². The van der Waals surface area contributed by atoms with E-state index in [-0.39, 0.29) is 25.1 Å². The Morgan fingerprint density at radius 2 is 1.71 bits per heavy atom. The van der Waals surface area contributed by atoms with Crippen LogP contribution in [-0.2, 0) is 36.8 Å². The second kappa shape index (κ2) is 10.9. The number of rotatable bonds is 9. The quantitative estimate of drug-likeness (QED) is 0.355. The minimum atomic E-state index is -4.52. The van der Waals surface area contributed by atoms with Gasteiger partial charge in [-0.3, -0.25) is 9.59 Å². The number of halogens is 3. The first-order valence-electron chi connectivity index (χ1n) is 12.5. The molecule has 0 aliphatic carbocycles. The third-order valence-electron chi connectivity index (χ3n) is 6.75. The average molecular weight is 526 g/mol. The van der Waals surface area contributed by atoms with Crippen molar-refractivity contribution < 1.29 is 32.6 Å². The predicted octanol–water partition coefficient (Wildman–Crippen LogP) is 6.32. The van der Waals surface area contributed by atoms with Crippen molar-refractivity contribution in [3.8, 4) is 5.75 Å². The molecule has 0 bridgehead atoms.